The highest BCUT2D eigenvalue weighted by Gasteiger charge is 2.00. The number of benzene rings is 1. The highest BCUT2D eigenvalue weighted by atomic mass is 16.4. The van der Waals surface area contributed by atoms with Crippen LogP contribution in [0, 0.1) is 0 Å². The fourth-order valence-electron chi connectivity index (χ4n) is 1.10. The lowest BCUT2D eigenvalue weighted by atomic mass is 10.1. The van der Waals surface area contributed by atoms with Crippen molar-refractivity contribution in [3.05, 3.63) is 48.0 Å². The molecule has 0 aliphatic heterocycles. The molecule has 1 heterocycles. The van der Waals surface area contributed by atoms with E-state index in [4.69, 9.17) is 5.11 Å². The Balaban J connectivity index is 2.14. The minimum atomic E-state index is -0.942. The van der Waals surface area contributed by atoms with Crippen LogP contribution in [-0.2, 0) is 0 Å². The van der Waals surface area contributed by atoms with Crippen LogP contribution in [0.4, 0.5) is 0 Å². The molecular weight excluding hydrogens is 208 g/mol. The van der Waals surface area contributed by atoms with Crippen molar-refractivity contribution in [1.82, 2.24) is 14.9 Å². The summed E-state index contributed by atoms with van der Waals surface area (Å²) in [5, 5.41) is 19.9. The van der Waals surface area contributed by atoms with Crippen LogP contribution in [0.3, 0.4) is 0 Å². The molecule has 1 aromatic heterocycles. The second kappa shape index (κ2) is 4.35. The number of rotatable bonds is 3. The number of carboxylic acid groups (broad SMARTS) is 1. The van der Waals surface area contributed by atoms with E-state index in [1.807, 2.05) is 0 Å². The average molecular weight is 216 g/mol. The Labute approximate surface area is 90.9 Å². The van der Waals surface area contributed by atoms with E-state index < -0.39 is 5.97 Å². The maximum absolute atomic E-state index is 10.6. The van der Waals surface area contributed by atoms with Crippen molar-refractivity contribution in [3.63, 3.8) is 0 Å². The summed E-state index contributed by atoms with van der Waals surface area (Å²) in [6.45, 7) is 0. The van der Waals surface area contributed by atoms with Gasteiger partial charge in [0.2, 0.25) is 0 Å². The van der Waals surface area contributed by atoms with E-state index in [2.05, 4.69) is 15.3 Å². The van der Waals surface area contributed by atoms with E-state index in [0.29, 0.717) is 0 Å². The standard InChI is InChI=1S/C10H8N4O2/c15-10(16)9-3-1-8(2-4-9)5-13-14-6-11-12-7-14/h1-7H,(H,15,16). The molecule has 1 N–H and O–H groups in total. The van der Waals surface area contributed by atoms with Gasteiger partial charge in [0.25, 0.3) is 0 Å². The minimum absolute atomic E-state index is 0.251. The smallest absolute Gasteiger partial charge is 0.335 e. The fraction of sp³-hybridized carbons (Fsp3) is 0. The number of carbonyl (C=O) groups is 1. The van der Waals surface area contributed by atoms with Gasteiger partial charge in [-0.1, -0.05) is 12.1 Å². The van der Waals surface area contributed by atoms with Crippen LogP contribution in [0.15, 0.2) is 42.0 Å². The lowest BCUT2D eigenvalue weighted by Crippen LogP contribution is -1.96. The third-order valence-electron chi connectivity index (χ3n) is 1.90. The zero-order chi connectivity index (χ0) is 11.4. The number of nitrogens with zero attached hydrogens (tertiary/aromatic N) is 4. The van der Waals surface area contributed by atoms with Crippen LogP contribution in [0.25, 0.3) is 0 Å². The summed E-state index contributed by atoms with van der Waals surface area (Å²) in [5.41, 5.74) is 1.06. The molecular formula is C10H8N4O2. The summed E-state index contributed by atoms with van der Waals surface area (Å²) in [6.07, 6.45) is 4.51. The van der Waals surface area contributed by atoms with Crippen molar-refractivity contribution < 1.29 is 9.90 Å². The molecule has 16 heavy (non-hydrogen) atoms. The average Bonchev–Trinajstić information content (AvgIpc) is 2.80. The van der Waals surface area contributed by atoms with Gasteiger partial charge in [0.1, 0.15) is 12.7 Å². The normalized spacial score (nSPS) is 10.8. The maximum Gasteiger partial charge on any atom is 0.335 e. The summed E-state index contributed by atoms with van der Waals surface area (Å²) in [6, 6.07) is 6.40. The molecule has 6 nitrogen and oxygen atoms in total. The van der Waals surface area contributed by atoms with Crippen molar-refractivity contribution in [2.45, 2.75) is 0 Å². The molecule has 0 saturated heterocycles. The highest BCUT2D eigenvalue weighted by Crippen LogP contribution is 2.02. The molecule has 1 aromatic carbocycles. The van der Waals surface area contributed by atoms with Crippen LogP contribution in [0.5, 0.6) is 0 Å². The molecule has 80 valence electrons. The topological polar surface area (TPSA) is 80.4 Å². The van der Waals surface area contributed by atoms with E-state index in [0.717, 1.165) is 5.56 Å². The van der Waals surface area contributed by atoms with E-state index in [1.165, 1.54) is 29.5 Å². The second-order valence-corrected chi connectivity index (χ2v) is 3.01. The van der Waals surface area contributed by atoms with Gasteiger partial charge in [0.15, 0.2) is 0 Å². The van der Waals surface area contributed by atoms with Gasteiger partial charge >= 0.3 is 5.97 Å². The number of hydrogen-bond donors (Lipinski definition) is 1. The maximum atomic E-state index is 10.6. The quantitative estimate of drug-likeness (QED) is 0.771. The second-order valence-electron chi connectivity index (χ2n) is 3.01. The number of carboxylic acids is 1. The van der Waals surface area contributed by atoms with E-state index in [9.17, 15) is 4.79 Å². The monoisotopic (exact) mass is 216 g/mol. The van der Waals surface area contributed by atoms with E-state index in [1.54, 1.807) is 18.3 Å². The molecule has 0 atom stereocenters. The van der Waals surface area contributed by atoms with Crippen LogP contribution < -0.4 is 0 Å². The van der Waals surface area contributed by atoms with Crippen molar-refractivity contribution in [1.29, 1.82) is 0 Å². The molecule has 0 aliphatic carbocycles. The third kappa shape index (κ3) is 2.30. The Bertz CT molecular complexity index is 502. The molecule has 0 radical (unpaired) electrons. The van der Waals surface area contributed by atoms with Crippen molar-refractivity contribution in [3.8, 4) is 0 Å². The van der Waals surface area contributed by atoms with Gasteiger partial charge < -0.3 is 5.11 Å². The Morgan fingerprint density at radius 1 is 1.25 bits per heavy atom. The number of aromatic nitrogens is 3. The SMILES string of the molecule is O=C(O)c1ccc(C=Nn2cnnc2)cc1. The predicted octanol–water partition coefficient (Wildman–Crippen LogP) is 0.858. The van der Waals surface area contributed by atoms with Gasteiger partial charge in [0.05, 0.1) is 11.8 Å². The Hall–Kier alpha value is -2.50. The summed E-state index contributed by atoms with van der Waals surface area (Å²) in [5.74, 6) is -0.942. The van der Waals surface area contributed by atoms with Crippen LogP contribution >= 0.6 is 0 Å². The van der Waals surface area contributed by atoms with Gasteiger partial charge in [-0.05, 0) is 17.7 Å². The van der Waals surface area contributed by atoms with Gasteiger partial charge in [0, 0.05) is 0 Å². The molecule has 0 amide bonds. The molecule has 0 fully saturated rings. The van der Waals surface area contributed by atoms with Crippen molar-refractivity contribution >= 4 is 12.2 Å². The van der Waals surface area contributed by atoms with Crippen LogP contribution in [0.1, 0.15) is 15.9 Å². The highest BCUT2D eigenvalue weighted by molar-refractivity contribution is 5.89. The first-order valence-corrected chi connectivity index (χ1v) is 4.48. The Kier molecular flexibility index (Phi) is 2.73. The van der Waals surface area contributed by atoms with Crippen LogP contribution in [-0.4, -0.2) is 32.2 Å². The molecule has 0 aliphatic rings. The molecule has 2 rings (SSSR count). The molecule has 0 bridgehead atoms. The molecule has 2 aromatic rings. The summed E-state index contributed by atoms with van der Waals surface area (Å²) < 4.78 is 1.45. The predicted molar refractivity (Wildman–Crippen MR) is 56.4 cm³/mol. The Morgan fingerprint density at radius 2 is 1.88 bits per heavy atom. The number of aromatic carboxylic acids is 1. The first-order valence-electron chi connectivity index (χ1n) is 4.48. The summed E-state index contributed by atoms with van der Waals surface area (Å²) >= 11 is 0. The lowest BCUT2D eigenvalue weighted by Gasteiger charge is -1.95. The first-order chi connectivity index (χ1) is 7.75. The number of hydrogen-bond acceptors (Lipinski definition) is 4. The van der Waals surface area contributed by atoms with E-state index >= 15 is 0 Å². The fourth-order valence-corrected chi connectivity index (χ4v) is 1.10. The molecule has 6 heteroatoms. The molecule has 0 unspecified atom stereocenters. The lowest BCUT2D eigenvalue weighted by molar-refractivity contribution is 0.0697. The summed E-state index contributed by atoms with van der Waals surface area (Å²) in [7, 11) is 0. The molecule has 0 saturated carbocycles. The first kappa shape index (κ1) is 10.0. The van der Waals surface area contributed by atoms with Crippen molar-refractivity contribution in [2.75, 3.05) is 0 Å². The third-order valence-corrected chi connectivity index (χ3v) is 1.90. The van der Waals surface area contributed by atoms with Gasteiger partial charge in [-0.25, -0.2) is 9.47 Å². The molecule has 0 spiro atoms. The zero-order valence-electron chi connectivity index (χ0n) is 8.19. The van der Waals surface area contributed by atoms with Gasteiger partial charge in [-0.2, -0.15) is 5.10 Å². The largest absolute Gasteiger partial charge is 0.478 e. The minimum Gasteiger partial charge on any atom is -0.478 e. The van der Waals surface area contributed by atoms with Gasteiger partial charge in [-0.15, -0.1) is 10.2 Å². The van der Waals surface area contributed by atoms with Crippen LogP contribution in [0.2, 0.25) is 0 Å². The van der Waals surface area contributed by atoms with E-state index in [-0.39, 0.29) is 5.56 Å². The Morgan fingerprint density at radius 3 is 2.44 bits per heavy atom. The van der Waals surface area contributed by atoms with Gasteiger partial charge in [-0.3, -0.25) is 0 Å². The van der Waals surface area contributed by atoms with Crippen molar-refractivity contribution in [2.24, 2.45) is 5.10 Å². The summed E-state index contributed by atoms with van der Waals surface area (Å²) in [4.78, 5) is 10.6. The zero-order valence-corrected chi connectivity index (χ0v) is 8.19.